The van der Waals surface area contributed by atoms with E-state index in [4.69, 9.17) is 15.5 Å². The molecule has 33 heavy (non-hydrogen) atoms. The zero-order chi connectivity index (χ0) is 23.6. The Hall–Kier alpha value is -2.51. The van der Waals surface area contributed by atoms with Crippen LogP contribution in [-0.2, 0) is 27.2 Å². The molecule has 0 aliphatic rings. The van der Waals surface area contributed by atoms with Crippen molar-refractivity contribution in [1.82, 2.24) is 10.3 Å². The molecule has 0 fully saturated rings. The second kappa shape index (κ2) is 12.7. The molecule has 6 nitrogen and oxygen atoms in total. The van der Waals surface area contributed by atoms with Gasteiger partial charge in [-0.2, -0.15) is 0 Å². The minimum absolute atomic E-state index is 0.00131. The summed E-state index contributed by atoms with van der Waals surface area (Å²) in [6.45, 7) is 5.14. The third-order valence-electron chi connectivity index (χ3n) is 5.62. The maximum atomic E-state index is 11.8. The predicted octanol–water partition coefficient (Wildman–Crippen LogP) is 5.20. The van der Waals surface area contributed by atoms with Crippen LogP contribution in [0, 0.1) is 0 Å². The molecule has 0 radical (unpaired) electrons. The number of carbonyl (C=O) groups is 2. The molecule has 2 aromatic carbocycles. The molecule has 0 spiro atoms. The molecule has 1 amide bonds. The van der Waals surface area contributed by atoms with E-state index in [9.17, 15) is 9.59 Å². The monoisotopic (exact) mass is 469 g/mol. The summed E-state index contributed by atoms with van der Waals surface area (Å²) in [5, 5.41) is 6.51. The number of amides is 1. The van der Waals surface area contributed by atoms with Crippen molar-refractivity contribution >= 4 is 49.7 Å². The highest BCUT2D eigenvalue weighted by Gasteiger charge is 2.11. The molecule has 0 atom stereocenters. The van der Waals surface area contributed by atoms with Gasteiger partial charge in [0, 0.05) is 24.8 Å². The third-order valence-corrected chi connectivity index (χ3v) is 6.77. The molecule has 0 aliphatic carbocycles. The number of hydrogen-bond donors (Lipinski definition) is 2. The predicted molar refractivity (Wildman–Crippen MR) is 137 cm³/mol. The molecule has 0 saturated carbocycles. The topological polar surface area (TPSA) is 94.3 Å². The Balaban J connectivity index is 1.40. The number of thiazole rings is 1. The zero-order valence-electron chi connectivity index (χ0n) is 19.7. The number of anilines is 1. The van der Waals surface area contributed by atoms with Crippen LogP contribution in [0.3, 0.4) is 0 Å². The SMILES string of the molecule is CCCc1nc2c(N)cc3cc(CCCCCNC(=O)CCOCCC(C)=O)ccc3c2s1. The van der Waals surface area contributed by atoms with Crippen LogP contribution in [0.25, 0.3) is 21.0 Å². The van der Waals surface area contributed by atoms with Gasteiger partial charge in [0.05, 0.1) is 28.6 Å². The quantitative estimate of drug-likeness (QED) is 0.250. The number of nitrogens with two attached hydrogens (primary N) is 1. The number of nitrogens with one attached hydrogen (secondary N) is 1. The molecule has 3 N–H and O–H groups in total. The number of ether oxygens (including phenoxy) is 1. The van der Waals surface area contributed by atoms with Gasteiger partial charge in [-0.15, -0.1) is 11.3 Å². The molecule has 7 heteroatoms. The summed E-state index contributed by atoms with van der Waals surface area (Å²) in [7, 11) is 0. The number of unbranched alkanes of at least 4 members (excludes halogenated alkanes) is 2. The Morgan fingerprint density at radius 3 is 2.70 bits per heavy atom. The van der Waals surface area contributed by atoms with Crippen LogP contribution < -0.4 is 11.1 Å². The molecular formula is C26H35N3O3S. The lowest BCUT2D eigenvalue weighted by Gasteiger charge is -2.07. The fourth-order valence-corrected chi connectivity index (χ4v) is 5.06. The molecule has 1 aromatic heterocycles. The average Bonchev–Trinajstić information content (AvgIpc) is 3.20. The summed E-state index contributed by atoms with van der Waals surface area (Å²) in [5.41, 5.74) is 9.31. The summed E-state index contributed by atoms with van der Waals surface area (Å²) in [4.78, 5) is 27.4. The molecule has 1 heterocycles. The van der Waals surface area contributed by atoms with Crippen molar-refractivity contribution in [2.45, 2.75) is 65.2 Å². The lowest BCUT2D eigenvalue weighted by molar-refractivity contribution is -0.122. The Bertz CT molecular complexity index is 1090. The van der Waals surface area contributed by atoms with E-state index in [1.54, 1.807) is 11.3 Å². The van der Waals surface area contributed by atoms with Gasteiger partial charge in [-0.1, -0.05) is 31.5 Å². The summed E-state index contributed by atoms with van der Waals surface area (Å²) >= 11 is 1.76. The van der Waals surface area contributed by atoms with Gasteiger partial charge < -0.3 is 15.8 Å². The maximum absolute atomic E-state index is 11.8. The number of aryl methyl sites for hydroxylation is 2. The lowest BCUT2D eigenvalue weighted by Crippen LogP contribution is -2.25. The summed E-state index contributed by atoms with van der Waals surface area (Å²) < 4.78 is 6.48. The minimum atomic E-state index is 0.00131. The fourth-order valence-electron chi connectivity index (χ4n) is 3.82. The Morgan fingerprint density at radius 2 is 1.91 bits per heavy atom. The van der Waals surface area contributed by atoms with Gasteiger partial charge in [-0.3, -0.25) is 9.59 Å². The molecule has 3 rings (SSSR count). The number of fused-ring (bicyclic) bond motifs is 3. The van der Waals surface area contributed by atoms with Gasteiger partial charge in [0.2, 0.25) is 5.91 Å². The highest BCUT2D eigenvalue weighted by Crippen LogP contribution is 2.35. The van der Waals surface area contributed by atoms with Crippen LogP contribution in [0.1, 0.15) is 62.9 Å². The number of rotatable bonds is 14. The van der Waals surface area contributed by atoms with Crippen molar-refractivity contribution in [2.75, 3.05) is 25.5 Å². The minimum Gasteiger partial charge on any atom is -0.397 e. The van der Waals surface area contributed by atoms with Gasteiger partial charge >= 0.3 is 0 Å². The maximum Gasteiger partial charge on any atom is 0.222 e. The second-order valence-electron chi connectivity index (χ2n) is 8.53. The van der Waals surface area contributed by atoms with Crippen LogP contribution in [-0.4, -0.2) is 36.4 Å². The zero-order valence-corrected chi connectivity index (χ0v) is 20.6. The number of ketones is 1. The normalized spacial score (nSPS) is 11.3. The summed E-state index contributed by atoms with van der Waals surface area (Å²) in [5.74, 6) is 0.104. The average molecular weight is 470 g/mol. The number of benzene rings is 2. The molecule has 0 saturated heterocycles. The molecule has 178 valence electrons. The Morgan fingerprint density at radius 1 is 1.09 bits per heavy atom. The van der Waals surface area contributed by atoms with Gasteiger partial charge in [0.1, 0.15) is 11.3 Å². The molecule has 0 aliphatic heterocycles. The van der Waals surface area contributed by atoms with Crippen molar-refractivity contribution in [3.8, 4) is 0 Å². The van der Waals surface area contributed by atoms with Crippen molar-refractivity contribution in [2.24, 2.45) is 0 Å². The van der Waals surface area contributed by atoms with Crippen molar-refractivity contribution in [1.29, 1.82) is 0 Å². The van der Waals surface area contributed by atoms with E-state index in [0.29, 0.717) is 32.6 Å². The number of Topliss-reactive ketones (excluding diaryl/α,β-unsaturated/α-hetero) is 1. The van der Waals surface area contributed by atoms with E-state index in [2.05, 4.69) is 36.5 Å². The van der Waals surface area contributed by atoms with Crippen molar-refractivity contribution in [3.63, 3.8) is 0 Å². The number of nitrogens with zero attached hydrogens (tertiary/aromatic N) is 1. The van der Waals surface area contributed by atoms with E-state index >= 15 is 0 Å². The van der Waals surface area contributed by atoms with Gasteiger partial charge in [0.15, 0.2) is 0 Å². The van der Waals surface area contributed by atoms with Crippen LogP contribution in [0.4, 0.5) is 5.69 Å². The first-order valence-corrected chi connectivity index (χ1v) is 12.7. The third kappa shape index (κ3) is 7.51. The smallest absolute Gasteiger partial charge is 0.222 e. The number of nitrogen functional groups attached to an aromatic ring is 1. The molecule has 0 unspecified atom stereocenters. The number of aromatic nitrogens is 1. The Labute approximate surface area is 199 Å². The Kier molecular flexibility index (Phi) is 9.63. The molecule has 3 aromatic rings. The summed E-state index contributed by atoms with van der Waals surface area (Å²) in [6.07, 6.45) is 6.93. The lowest BCUT2D eigenvalue weighted by atomic mass is 10.0. The van der Waals surface area contributed by atoms with Crippen LogP contribution in [0.5, 0.6) is 0 Å². The van der Waals surface area contributed by atoms with Gasteiger partial charge in [-0.05, 0) is 56.0 Å². The fraction of sp³-hybridized carbons (Fsp3) is 0.500. The van der Waals surface area contributed by atoms with Gasteiger partial charge in [-0.25, -0.2) is 4.98 Å². The molecular weight excluding hydrogens is 434 g/mol. The number of carbonyl (C=O) groups excluding carboxylic acids is 2. The van der Waals surface area contributed by atoms with Crippen LogP contribution in [0.2, 0.25) is 0 Å². The highest BCUT2D eigenvalue weighted by molar-refractivity contribution is 7.19. The van der Waals surface area contributed by atoms with E-state index in [0.717, 1.165) is 54.7 Å². The molecule has 0 bridgehead atoms. The first kappa shape index (κ1) is 25.1. The van der Waals surface area contributed by atoms with E-state index < -0.39 is 0 Å². The van der Waals surface area contributed by atoms with Crippen LogP contribution in [0.15, 0.2) is 24.3 Å². The highest BCUT2D eigenvalue weighted by atomic mass is 32.1. The van der Waals surface area contributed by atoms with E-state index in [-0.39, 0.29) is 11.7 Å². The van der Waals surface area contributed by atoms with Gasteiger partial charge in [0.25, 0.3) is 0 Å². The largest absolute Gasteiger partial charge is 0.397 e. The van der Waals surface area contributed by atoms with Crippen molar-refractivity contribution in [3.05, 3.63) is 34.8 Å². The number of hydrogen-bond acceptors (Lipinski definition) is 6. The summed E-state index contributed by atoms with van der Waals surface area (Å²) in [6, 6.07) is 8.72. The first-order chi connectivity index (χ1) is 16.0. The van der Waals surface area contributed by atoms with Crippen molar-refractivity contribution < 1.29 is 14.3 Å². The standard InChI is InChI=1S/C26H35N3O3S/c1-3-7-24-29-25-22(27)17-20-16-19(9-10-21(20)26(25)33-24)8-5-4-6-13-28-23(31)12-15-32-14-11-18(2)30/h9-10,16-17H,3-8,11-15,27H2,1-2H3,(H,28,31). The van der Waals surface area contributed by atoms with E-state index in [1.165, 1.54) is 28.0 Å². The second-order valence-corrected chi connectivity index (χ2v) is 9.62. The first-order valence-electron chi connectivity index (χ1n) is 11.9. The van der Waals surface area contributed by atoms with E-state index in [1.807, 2.05) is 0 Å². The van der Waals surface area contributed by atoms with Crippen LogP contribution >= 0.6 is 11.3 Å².